The number of nitrogens with one attached hydrogen (secondary N) is 1. The molecule has 1 N–H and O–H groups in total. The Kier molecular flexibility index (Phi) is 5.49. The van der Waals surface area contributed by atoms with Crippen LogP contribution in [0, 0.1) is 0 Å². The van der Waals surface area contributed by atoms with Crippen molar-refractivity contribution in [3.05, 3.63) is 29.8 Å². The number of Topliss-reactive ketones (excluding diaryl/α,β-unsaturated/α-hetero) is 1. The lowest BCUT2D eigenvalue weighted by atomic mass is 9.89. The molecule has 1 unspecified atom stereocenters. The molecule has 0 aromatic heterocycles. The Labute approximate surface area is 126 Å². The molecule has 1 aromatic rings. The summed E-state index contributed by atoms with van der Waals surface area (Å²) in [5.41, 5.74) is 1.06. The molecule has 4 heteroatoms. The maximum Gasteiger partial charge on any atom is 0.136 e. The quantitative estimate of drug-likeness (QED) is 0.599. The smallest absolute Gasteiger partial charge is 0.136 e. The number of hydrogen-bond donors (Lipinski definition) is 2. The first-order chi connectivity index (χ1) is 9.56. The van der Waals surface area contributed by atoms with Gasteiger partial charge in [0, 0.05) is 24.3 Å². The summed E-state index contributed by atoms with van der Waals surface area (Å²) >= 11 is 4.32. The highest BCUT2D eigenvalue weighted by atomic mass is 32.1. The number of benzene rings is 1. The highest BCUT2D eigenvalue weighted by Gasteiger charge is 2.30. The third-order valence-corrected chi connectivity index (χ3v) is 3.74. The van der Waals surface area contributed by atoms with Crippen LogP contribution in [-0.2, 0) is 11.2 Å². The van der Waals surface area contributed by atoms with Crippen molar-refractivity contribution in [3.8, 4) is 5.75 Å². The molecule has 1 atom stereocenters. The zero-order valence-corrected chi connectivity index (χ0v) is 13.0. The Balaban J connectivity index is 1.76. The molecule has 0 radical (unpaired) electrons. The van der Waals surface area contributed by atoms with Crippen molar-refractivity contribution in [1.82, 2.24) is 5.32 Å². The van der Waals surface area contributed by atoms with Crippen LogP contribution in [0.1, 0.15) is 38.7 Å². The van der Waals surface area contributed by atoms with Gasteiger partial charge in [0.05, 0.1) is 0 Å². The molecule has 1 aromatic carbocycles. The molecule has 1 saturated carbocycles. The van der Waals surface area contributed by atoms with E-state index < -0.39 is 0 Å². The zero-order valence-electron chi connectivity index (χ0n) is 12.1. The third kappa shape index (κ3) is 4.53. The molecule has 2 rings (SSSR count). The van der Waals surface area contributed by atoms with E-state index in [1.165, 1.54) is 0 Å². The standard InChI is InChI=1S/C16H23NO2S/c1-3-14(18)8-12-4-6-15(7-5-12)19-16-9-13(10-16)17-11(2)20/h4-7,11,13,16-17,20H,3,8-10H2,1-2H3. The normalized spacial score (nSPS) is 22.9. The Bertz CT molecular complexity index is 438. The van der Waals surface area contributed by atoms with Crippen molar-refractivity contribution < 1.29 is 9.53 Å². The average molecular weight is 293 g/mol. The van der Waals surface area contributed by atoms with Gasteiger partial charge in [0.1, 0.15) is 17.6 Å². The lowest BCUT2D eigenvalue weighted by molar-refractivity contribution is -0.118. The van der Waals surface area contributed by atoms with Crippen LogP contribution in [0.2, 0.25) is 0 Å². The lowest BCUT2D eigenvalue weighted by Crippen LogP contribution is -2.48. The molecule has 20 heavy (non-hydrogen) atoms. The van der Waals surface area contributed by atoms with Gasteiger partial charge in [0.2, 0.25) is 0 Å². The third-order valence-electron chi connectivity index (χ3n) is 3.59. The molecule has 0 amide bonds. The van der Waals surface area contributed by atoms with E-state index in [2.05, 4.69) is 17.9 Å². The summed E-state index contributed by atoms with van der Waals surface area (Å²) < 4.78 is 5.90. The van der Waals surface area contributed by atoms with E-state index in [9.17, 15) is 4.79 Å². The van der Waals surface area contributed by atoms with Crippen molar-refractivity contribution in [2.45, 2.75) is 57.1 Å². The molecule has 3 nitrogen and oxygen atoms in total. The van der Waals surface area contributed by atoms with E-state index in [1.54, 1.807) is 0 Å². The number of hydrogen-bond acceptors (Lipinski definition) is 4. The summed E-state index contributed by atoms with van der Waals surface area (Å²) in [7, 11) is 0. The Morgan fingerprint density at radius 3 is 2.60 bits per heavy atom. The summed E-state index contributed by atoms with van der Waals surface area (Å²) in [6.45, 7) is 3.93. The maximum atomic E-state index is 11.4. The highest BCUT2D eigenvalue weighted by molar-refractivity contribution is 7.80. The average Bonchev–Trinajstić information content (AvgIpc) is 2.37. The molecule has 0 spiro atoms. The molecule has 0 aliphatic heterocycles. The number of ether oxygens (including phenoxy) is 1. The van der Waals surface area contributed by atoms with Crippen LogP contribution < -0.4 is 10.1 Å². The maximum absolute atomic E-state index is 11.4. The molecule has 0 saturated heterocycles. The molecule has 0 heterocycles. The monoisotopic (exact) mass is 293 g/mol. The van der Waals surface area contributed by atoms with E-state index in [4.69, 9.17) is 4.74 Å². The molecular formula is C16H23NO2S. The number of thiol groups is 1. The van der Waals surface area contributed by atoms with Crippen molar-refractivity contribution >= 4 is 18.4 Å². The fourth-order valence-corrected chi connectivity index (χ4v) is 2.58. The predicted octanol–water partition coefficient (Wildman–Crippen LogP) is 2.98. The first kappa shape index (κ1) is 15.4. The molecular weight excluding hydrogens is 270 g/mol. The summed E-state index contributed by atoms with van der Waals surface area (Å²) in [6, 6.07) is 8.40. The van der Waals surface area contributed by atoms with Gasteiger partial charge in [-0.25, -0.2) is 0 Å². The second-order valence-corrected chi connectivity index (χ2v) is 6.24. The van der Waals surface area contributed by atoms with Crippen molar-refractivity contribution in [2.24, 2.45) is 0 Å². The first-order valence-electron chi connectivity index (χ1n) is 7.28. The van der Waals surface area contributed by atoms with Gasteiger partial charge in [0.25, 0.3) is 0 Å². The number of rotatable bonds is 7. The lowest BCUT2D eigenvalue weighted by Gasteiger charge is -2.36. The Hall–Kier alpha value is -1.00. The Morgan fingerprint density at radius 2 is 2.05 bits per heavy atom. The molecule has 1 aliphatic rings. The van der Waals surface area contributed by atoms with Crippen molar-refractivity contribution in [2.75, 3.05) is 0 Å². The first-order valence-corrected chi connectivity index (χ1v) is 7.80. The second-order valence-electron chi connectivity index (χ2n) is 5.46. The number of carbonyl (C=O) groups is 1. The van der Waals surface area contributed by atoms with Crippen LogP contribution in [0.25, 0.3) is 0 Å². The van der Waals surface area contributed by atoms with E-state index in [0.29, 0.717) is 25.0 Å². The van der Waals surface area contributed by atoms with E-state index >= 15 is 0 Å². The van der Waals surface area contributed by atoms with Gasteiger partial charge in [-0.1, -0.05) is 19.1 Å². The Morgan fingerprint density at radius 1 is 1.40 bits per heavy atom. The van der Waals surface area contributed by atoms with Crippen LogP contribution in [0.5, 0.6) is 5.75 Å². The van der Waals surface area contributed by atoms with Gasteiger partial charge in [0.15, 0.2) is 0 Å². The van der Waals surface area contributed by atoms with Crippen LogP contribution in [0.15, 0.2) is 24.3 Å². The van der Waals surface area contributed by atoms with Crippen LogP contribution in [-0.4, -0.2) is 23.3 Å². The van der Waals surface area contributed by atoms with E-state index in [0.717, 1.165) is 24.2 Å². The summed E-state index contributed by atoms with van der Waals surface area (Å²) in [5.74, 6) is 1.16. The van der Waals surface area contributed by atoms with Gasteiger partial charge in [-0.05, 0) is 37.5 Å². The predicted molar refractivity (Wildman–Crippen MR) is 84.5 cm³/mol. The van der Waals surface area contributed by atoms with Crippen LogP contribution >= 0.6 is 12.6 Å². The summed E-state index contributed by atoms with van der Waals surface area (Å²) in [4.78, 5) is 11.4. The minimum atomic E-state index is 0.233. The zero-order chi connectivity index (χ0) is 14.5. The fraction of sp³-hybridized carbons (Fsp3) is 0.562. The van der Waals surface area contributed by atoms with Gasteiger partial charge in [-0.2, -0.15) is 12.6 Å². The topological polar surface area (TPSA) is 38.3 Å². The minimum Gasteiger partial charge on any atom is -0.490 e. The fourth-order valence-electron chi connectivity index (χ4n) is 2.37. The molecule has 110 valence electrons. The SMILES string of the molecule is CCC(=O)Cc1ccc(OC2CC(NC(C)S)C2)cc1. The molecule has 0 bridgehead atoms. The summed E-state index contributed by atoms with van der Waals surface area (Å²) in [6.07, 6.45) is 3.47. The van der Waals surface area contributed by atoms with Gasteiger partial charge >= 0.3 is 0 Å². The second kappa shape index (κ2) is 7.14. The summed E-state index contributed by atoms with van der Waals surface area (Å²) in [5, 5.41) is 3.61. The largest absolute Gasteiger partial charge is 0.490 e. The van der Waals surface area contributed by atoms with Crippen molar-refractivity contribution in [3.63, 3.8) is 0 Å². The van der Waals surface area contributed by atoms with Gasteiger partial charge in [-0.15, -0.1) is 0 Å². The van der Waals surface area contributed by atoms with Gasteiger partial charge in [-0.3, -0.25) is 4.79 Å². The molecule has 1 aliphatic carbocycles. The minimum absolute atomic E-state index is 0.233. The van der Waals surface area contributed by atoms with Crippen LogP contribution in [0.3, 0.4) is 0 Å². The highest BCUT2D eigenvalue weighted by Crippen LogP contribution is 2.26. The van der Waals surface area contributed by atoms with E-state index in [-0.39, 0.29) is 11.2 Å². The molecule has 1 fully saturated rings. The number of ketones is 1. The number of carbonyl (C=O) groups excluding carboxylic acids is 1. The van der Waals surface area contributed by atoms with E-state index in [1.807, 2.05) is 38.1 Å². The van der Waals surface area contributed by atoms with Crippen LogP contribution in [0.4, 0.5) is 0 Å². The van der Waals surface area contributed by atoms with Gasteiger partial charge < -0.3 is 10.1 Å². The van der Waals surface area contributed by atoms with Crippen molar-refractivity contribution in [1.29, 1.82) is 0 Å².